The highest BCUT2D eigenvalue weighted by atomic mass is 16.5. The summed E-state index contributed by atoms with van der Waals surface area (Å²) in [6.07, 6.45) is 5.43. The molecule has 0 saturated heterocycles. The average Bonchev–Trinajstić information content (AvgIpc) is 3.34. The van der Waals surface area contributed by atoms with Crippen LogP contribution in [0.5, 0.6) is 11.6 Å². The molecule has 3 aromatic rings. The third-order valence-corrected chi connectivity index (χ3v) is 5.81. The summed E-state index contributed by atoms with van der Waals surface area (Å²) in [6.45, 7) is 6.03. The Morgan fingerprint density at radius 2 is 1.80 bits per heavy atom. The van der Waals surface area contributed by atoms with Crippen molar-refractivity contribution in [3.63, 3.8) is 0 Å². The molecule has 1 aliphatic rings. The molecule has 1 fully saturated rings. The molecule has 1 N–H and O–H groups in total. The molecule has 1 saturated carbocycles. The van der Waals surface area contributed by atoms with E-state index in [1.54, 1.807) is 10.7 Å². The van der Waals surface area contributed by atoms with E-state index < -0.39 is 0 Å². The van der Waals surface area contributed by atoms with Crippen LogP contribution in [0.1, 0.15) is 49.1 Å². The molecule has 0 aliphatic heterocycles. The highest BCUT2D eigenvalue weighted by Gasteiger charge is 2.18. The molecule has 30 heavy (non-hydrogen) atoms. The molecule has 0 bridgehead atoms. The second kappa shape index (κ2) is 8.65. The van der Waals surface area contributed by atoms with E-state index in [-0.39, 0.29) is 5.91 Å². The molecule has 7 nitrogen and oxygen atoms in total. The third-order valence-electron chi connectivity index (χ3n) is 5.81. The minimum atomic E-state index is 0.0800. The molecule has 0 atom stereocenters. The maximum atomic E-state index is 12.2. The van der Waals surface area contributed by atoms with Gasteiger partial charge in [0.15, 0.2) is 5.82 Å². The van der Waals surface area contributed by atoms with Crippen LogP contribution in [0.4, 0.5) is 5.69 Å². The maximum absolute atomic E-state index is 12.2. The summed E-state index contributed by atoms with van der Waals surface area (Å²) >= 11 is 0. The molecular weight excluding hydrogens is 378 g/mol. The van der Waals surface area contributed by atoms with Gasteiger partial charge in [0.05, 0.1) is 5.69 Å². The fraction of sp³-hybridized carbons (Fsp3) is 0.391. The lowest BCUT2D eigenvalue weighted by Gasteiger charge is -2.10. The Morgan fingerprint density at radius 3 is 2.40 bits per heavy atom. The quantitative estimate of drug-likeness (QED) is 0.631. The van der Waals surface area contributed by atoms with Gasteiger partial charge in [0, 0.05) is 23.9 Å². The molecule has 7 heteroatoms. The van der Waals surface area contributed by atoms with Gasteiger partial charge < -0.3 is 10.1 Å². The van der Waals surface area contributed by atoms with Crippen molar-refractivity contribution in [2.24, 2.45) is 5.92 Å². The van der Waals surface area contributed by atoms with Crippen molar-refractivity contribution < 1.29 is 9.53 Å². The minimum absolute atomic E-state index is 0.0800. The number of carbonyl (C=O) groups excluding carboxylic acids is 1. The Morgan fingerprint density at radius 1 is 1.07 bits per heavy atom. The molecular formula is C23H27N5O2. The number of ether oxygens (including phenoxy) is 1. The molecule has 1 amide bonds. The van der Waals surface area contributed by atoms with Gasteiger partial charge in [-0.25, -0.2) is 4.68 Å². The van der Waals surface area contributed by atoms with Crippen LogP contribution in [0.25, 0.3) is 5.82 Å². The van der Waals surface area contributed by atoms with Gasteiger partial charge in [-0.15, -0.1) is 10.2 Å². The van der Waals surface area contributed by atoms with E-state index in [4.69, 9.17) is 4.74 Å². The first-order valence-corrected chi connectivity index (χ1v) is 10.4. The maximum Gasteiger partial charge on any atom is 0.238 e. The van der Waals surface area contributed by atoms with E-state index in [2.05, 4.69) is 20.6 Å². The Hall–Kier alpha value is -3.22. The van der Waals surface area contributed by atoms with Crippen molar-refractivity contribution in [1.82, 2.24) is 20.0 Å². The lowest BCUT2D eigenvalue weighted by atomic mass is 10.0. The molecule has 2 heterocycles. The van der Waals surface area contributed by atoms with Gasteiger partial charge in [0.2, 0.25) is 11.8 Å². The van der Waals surface area contributed by atoms with Gasteiger partial charge >= 0.3 is 0 Å². The number of rotatable bonds is 6. The monoisotopic (exact) mass is 405 g/mol. The highest BCUT2D eigenvalue weighted by Crippen LogP contribution is 2.28. The predicted octanol–water partition coefficient (Wildman–Crippen LogP) is 4.90. The van der Waals surface area contributed by atoms with Crippen molar-refractivity contribution in [3.05, 3.63) is 53.3 Å². The van der Waals surface area contributed by atoms with Crippen LogP contribution >= 0.6 is 0 Å². The smallest absolute Gasteiger partial charge is 0.238 e. The van der Waals surface area contributed by atoms with Crippen LogP contribution in [0, 0.1) is 26.7 Å². The Balaban J connectivity index is 1.36. The first-order valence-electron chi connectivity index (χ1n) is 10.4. The molecule has 0 spiro atoms. The van der Waals surface area contributed by atoms with Crippen molar-refractivity contribution in [2.75, 3.05) is 5.32 Å². The third kappa shape index (κ3) is 4.50. The molecule has 0 radical (unpaired) electrons. The Labute approximate surface area is 176 Å². The van der Waals surface area contributed by atoms with Gasteiger partial charge in [-0.2, -0.15) is 5.10 Å². The minimum Gasteiger partial charge on any atom is -0.438 e. The molecule has 1 aromatic carbocycles. The number of nitrogens with zero attached hydrogens (tertiary/aromatic N) is 4. The molecule has 156 valence electrons. The molecule has 1 aliphatic carbocycles. The number of hydrogen-bond acceptors (Lipinski definition) is 5. The topological polar surface area (TPSA) is 81.9 Å². The Bertz CT molecular complexity index is 1020. The largest absolute Gasteiger partial charge is 0.438 e. The molecule has 0 unspecified atom stereocenters. The van der Waals surface area contributed by atoms with Crippen LogP contribution < -0.4 is 10.1 Å². The van der Waals surface area contributed by atoms with Crippen LogP contribution in [0.15, 0.2) is 36.4 Å². The van der Waals surface area contributed by atoms with Gasteiger partial charge in [-0.05, 0) is 75.4 Å². The number of carbonyl (C=O) groups is 1. The van der Waals surface area contributed by atoms with E-state index in [1.807, 2.05) is 51.1 Å². The first-order chi connectivity index (χ1) is 14.5. The average molecular weight is 406 g/mol. The number of anilines is 1. The fourth-order valence-corrected chi connectivity index (χ4v) is 3.84. The van der Waals surface area contributed by atoms with E-state index in [1.165, 1.54) is 25.7 Å². The zero-order valence-corrected chi connectivity index (χ0v) is 17.7. The van der Waals surface area contributed by atoms with Gasteiger partial charge in [0.25, 0.3) is 0 Å². The van der Waals surface area contributed by atoms with Crippen molar-refractivity contribution in [1.29, 1.82) is 0 Å². The molecule has 4 rings (SSSR count). The highest BCUT2D eigenvalue weighted by molar-refractivity contribution is 5.90. The van der Waals surface area contributed by atoms with Crippen molar-refractivity contribution in [3.8, 4) is 17.4 Å². The van der Waals surface area contributed by atoms with Crippen molar-refractivity contribution >= 4 is 11.6 Å². The van der Waals surface area contributed by atoms with Crippen molar-refractivity contribution in [2.45, 2.75) is 52.9 Å². The van der Waals surface area contributed by atoms with E-state index in [0.29, 0.717) is 29.8 Å². The number of hydrogen-bond donors (Lipinski definition) is 1. The summed E-state index contributed by atoms with van der Waals surface area (Å²) in [5, 5.41) is 15.9. The van der Waals surface area contributed by atoms with Gasteiger partial charge in [-0.1, -0.05) is 12.8 Å². The SMILES string of the molecule is Cc1nn(-c2ccc(Oc3ccc(NC(=O)CC4CCCC4)cc3)nn2)c(C)c1C. The van der Waals surface area contributed by atoms with Crippen LogP contribution in [-0.4, -0.2) is 25.9 Å². The summed E-state index contributed by atoms with van der Waals surface area (Å²) in [6, 6.07) is 10.9. The number of amides is 1. The number of benzene rings is 1. The Kier molecular flexibility index (Phi) is 5.79. The first kappa shape index (κ1) is 20.1. The fourth-order valence-electron chi connectivity index (χ4n) is 3.84. The van der Waals surface area contributed by atoms with E-state index >= 15 is 0 Å². The van der Waals surface area contributed by atoms with Gasteiger partial charge in [0.1, 0.15) is 5.75 Å². The lowest BCUT2D eigenvalue weighted by molar-refractivity contribution is -0.117. The lowest BCUT2D eigenvalue weighted by Crippen LogP contribution is -2.14. The number of aromatic nitrogens is 4. The van der Waals surface area contributed by atoms with Crippen LogP contribution in [-0.2, 0) is 4.79 Å². The second-order valence-corrected chi connectivity index (χ2v) is 7.97. The number of aryl methyl sites for hydroxylation is 1. The summed E-state index contributed by atoms with van der Waals surface area (Å²) < 4.78 is 7.56. The van der Waals surface area contributed by atoms with Crippen LogP contribution in [0.3, 0.4) is 0 Å². The zero-order chi connectivity index (χ0) is 21.1. The van der Waals surface area contributed by atoms with Crippen LogP contribution in [0.2, 0.25) is 0 Å². The number of nitrogens with one attached hydrogen (secondary N) is 1. The zero-order valence-electron chi connectivity index (χ0n) is 17.7. The van der Waals surface area contributed by atoms with Gasteiger partial charge in [-0.3, -0.25) is 4.79 Å². The summed E-state index contributed by atoms with van der Waals surface area (Å²) in [5.74, 6) is 2.29. The predicted molar refractivity (Wildman–Crippen MR) is 115 cm³/mol. The summed E-state index contributed by atoms with van der Waals surface area (Å²) in [5.41, 5.74) is 3.94. The standard InChI is InChI=1S/C23H27N5O2/c1-15-16(2)27-28(17(15)3)21-12-13-23(26-25-21)30-20-10-8-19(9-11-20)24-22(29)14-18-6-4-5-7-18/h8-13,18H,4-7,14H2,1-3H3,(H,24,29). The second-order valence-electron chi connectivity index (χ2n) is 7.97. The van der Waals surface area contributed by atoms with E-state index in [9.17, 15) is 4.79 Å². The van der Waals surface area contributed by atoms with E-state index in [0.717, 1.165) is 22.6 Å². The molecule has 2 aromatic heterocycles. The summed E-state index contributed by atoms with van der Waals surface area (Å²) in [7, 11) is 0. The summed E-state index contributed by atoms with van der Waals surface area (Å²) in [4.78, 5) is 12.2. The normalized spacial score (nSPS) is 14.1.